The van der Waals surface area contributed by atoms with Gasteiger partial charge in [0.2, 0.25) is 6.71 Å². The summed E-state index contributed by atoms with van der Waals surface area (Å²) in [5, 5.41) is 2.64. The lowest BCUT2D eigenvalue weighted by molar-refractivity contribution is 0.0415. The summed E-state index contributed by atoms with van der Waals surface area (Å²) >= 11 is 0. The Morgan fingerprint density at radius 1 is 0.500 bits per heavy atom. The molecule has 0 aliphatic heterocycles. The summed E-state index contributed by atoms with van der Waals surface area (Å²) in [4.78, 5) is 0. The minimum atomic E-state index is 0.206. The van der Waals surface area contributed by atoms with Gasteiger partial charge in [-0.3, -0.25) is 0 Å². The van der Waals surface area contributed by atoms with Crippen LogP contribution in [0.15, 0.2) is 164 Å². The van der Waals surface area contributed by atoms with Crippen LogP contribution >= 0.6 is 0 Å². The smallest absolute Gasteiger partial charge is 0.242 e. The van der Waals surface area contributed by atoms with Crippen LogP contribution in [0.5, 0.6) is 0 Å². The topological polar surface area (TPSA) is 4.93 Å². The Morgan fingerprint density at radius 3 is 1.81 bits per heavy atom. The van der Waals surface area contributed by atoms with Crippen molar-refractivity contribution in [2.45, 2.75) is 97.8 Å². The van der Waals surface area contributed by atoms with Gasteiger partial charge in [-0.1, -0.05) is 183 Å². The summed E-state index contributed by atoms with van der Waals surface area (Å²) in [6, 6.07) is 63.6. The predicted molar refractivity (Wildman–Crippen MR) is 288 cm³/mol. The van der Waals surface area contributed by atoms with E-state index in [4.69, 9.17) is 0 Å². The normalized spacial score (nSPS) is 23.2. The van der Waals surface area contributed by atoms with E-state index in [-0.39, 0.29) is 17.5 Å². The molecular formula is C66H62BN. The van der Waals surface area contributed by atoms with Crippen molar-refractivity contribution in [1.29, 1.82) is 0 Å². The number of hydrogen-bond acceptors (Lipinski definition) is 0. The van der Waals surface area contributed by atoms with Crippen molar-refractivity contribution in [2.24, 2.45) is 17.3 Å². The number of aryl methyl sites for hydroxylation is 7. The molecule has 1 heterocycles. The molecule has 4 fully saturated rings. The fourth-order valence-electron chi connectivity index (χ4n) is 15.8. The Morgan fingerprint density at radius 2 is 1.12 bits per heavy atom. The molecule has 68 heavy (non-hydrogen) atoms. The van der Waals surface area contributed by atoms with Crippen LogP contribution in [0.25, 0.3) is 38.6 Å². The average molecular weight is 880 g/mol. The fraction of sp³-hybridized carbons (Fsp3) is 0.273. The Hall–Kier alpha value is -6.38. The van der Waals surface area contributed by atoms with Gasteiger partial charge in [-0.15, -0.1) is 0 Å². The summed E-state index contributed by atoms with van der Waals surface area (Å²) in [6.45, 7) is 16.3. The maximum absolute atomic E-state index is 2.59. The maximum atomic E-state index is 2.59. The van der Waals surface area contributed by atoms with Crippen LogP contribution < -0.4 is 16.4 Å². The zero-order valence-corrected chi connectivity index (χ0v) is 41.0. The summed E-state index contributed by atoms with van der Waals surface area (Å²) < 4.78 is 2.54. The first kappa shape index (κ1) is 41.8. The lowest BCUT2D eigenvalue weighted by Gasteiger charge is -2.49. The van der Waals surface area contributed by atoms with Crippen LogP contribution in [-0.4, -0.2) is 11.3 Å². The van der Waals surface area contributed by atoms with E-state index in [1.54, 1.807) is 11.1 Å². The van der Waals surface area contributed by atoms with Crippen molar-refractivity contribution in [3.8, 4) is 16.8 Å². The molecule has 2 heteroatoms. The highest BCUT2D eigenvalue weighted by atomic mass is 15.0. The minimum Gasteiger partial charge on any atom is -0.309 e. The molecule has 1 nitrogen and oxygen atoms in total. The van der Waals surface area contributed by atoms with Gasteiger partial charge in [-0.25, -0.2) is 0 Å². The first-order valence-electron chi connectivity index (χ1n) is 25.5. The molecule has 0 N–H and O–H groups in total. The van der Waals surface area contributed by atoms with Gasteiger partial charge in [0, 0.05) is 21.9 Å². The number of rotatable bonds is 9. The van der Waals surface area contributed by atoms with Gasteiger partial charge in [0.15, 0.2) is 0 Å². The van der Waals surface area contributed by atoms with Crippen molar-refractivity contribution >= 4 is 44.9 Å². The molecule has 2 bridgehead atoms. The van der Waals surface area contributed by atoms with Gasteiger partial charge in [-0.2, -0.15) is 0 Å². The van der Waals surface area contributed by atoms with Crippen LogP contribution in [0.2, 0.25) is 0 Å². The molecule has 8 aromatic carbocycles. The Bertz CT molecular complexity index is 3400. The summed E-state index contributed by atoms with van der Waals surface area (Å²) in [5.41, 5.74) is 27.3. The lowest BCUT2D eigenvalue weighted by Crippen LogP contribution is -2.55. The lowest BCUT2D eigenvalue weighted by atomic mass is 9.34. The van der Waals surface area contributed by atoms with Crippen molar-refractivity contribution in [1.82, 2.24) is 4.57 Å². The number of nitrogens with zero attached hydrogens (tertiary/aromatic N) is 1. The van der Waals surface area contributed by atoms with Gasteiger partial charge in [-0.05, 0) is 179 Å². The van der Waals surface area contributed by atoms with Gasteiger partial charge in [0.05, 0.1) is 11.0 Å². The van der Waals surface area contributed by atoms with E-state index >= 15 is 0 Å². The van der Waals surface area contributed by atoms with Crippen LogP contribution in [0.4, 0.5) is 0 Å². The molecule has 0 saturated heterocycles. The highest BCUT2D eigenvalue weighted by Crippen LogP contribution is 2.89. The molecule has 5 atom stereocenters. The Labute approximate surface area is 404 Å². The van der Waals surface area contributed by atoms with Crippen LogP contribution in [0, 0.1) is 65.7 Å². The second-order valence-corrected chi connectivity index (χ2v) is 22.4. The molecule has 4 aliphatic rings. The number of para-hydroxylation sites is 1. The SMILES string of the molecule is Cc1cc(C)c(B(c2ccc(C34CC5(c6ccc(-n7c8ccccc8c8cc(C)c(-c9ccccc9Cc9ccccc9)cc87)cc6)CC6CC3(C4)C6C5)cc2)c2c(C)cc(C)cc2C)c(C)c1. The average Bonchev–Trinajstić information content (AvgIpc) is 3.85. The highest BCUT2D eigenvalue weighted by molar-refractivity contribution is 6.96. The molecule has 1 spiro atoms. The standard InChI is InChI=1S/C66H62BN/c1-41-29-44(4)62(45(5)30-41)67(63-46(6)31-42(2)32-47(63)7)53-25-21-52(22-26-53)66-39-64(36-50-37-65(66,40-66)59(50)38-64)51-23-27-54(28-24-51)68-60-20-14-13-19-56(60)58-33-43(3)57(35-61(58)68)55-18-12-11-17-49(55)34-48-15-9-8-10-16-48/h8-33,35,50,59H,34,36-40H2,1-7H3. The minimum absolute atomic E-state index is 0.206. The fourth-order valence-corrected chi connectivity index (χ4v) is 15.8. The third-order valence-corrected chi connectivity index (χ3v) is 18.4. The first-order chi connectivity index (χ1) is 33.0. The molecule has 9 aromatic rings. The van der Waals surface area contributed by atoms with E-state index in [0.29, 0.717) is 5.41 Å². The quantitative estimate of drug-likeness (QED) is 0.127. The van der Waals surface area contributed by atoms with Gasteiger partial charge < -0.3 is 4.57 Å². The molecule has 1 aromatic heterocycles. The third-order valence-electron chi connectivity index (χ3n) is 18.4. The van der Waals surface area contributed by atoms with Crippen LogP contribution in [-0.2, 0) is 17.3 Å². The van der Waals surface area contributed by atoms with Gasteiger partial charge in [0.25, 0.3) is 0 Å². The molecule has 5 unspecified atom stereocenters. The van der Waals surface area contributed by atoms with E-state index in [1.807, 2.05) is 0 Å². The van der Waals surface area contributed by atoms with Crippen LogP contribution in [0.3, 0.4) is 0 Å². The monoisotopic (exact) mass is 879 g/mol. The van der Waals surface area contributed by atoms with Crippen molar-refractivity contribution in [2.75, 3.05) is 0 Å². The van der Waals surface area contributed by atoms with Gasteiger partial charge >= 0.3 is 0 Å². The number of benzene rings is 8. The Balaban J connectivity index is 0.859. The molecule has 0 amide bonds. The summed E-state index contributed by atoms with van der Waals surface area (Å²) in [7, 11) is 0. The maximum Gasteiger partial charge on any atom is 0.242 e. The van der Waals surface area contributed by atoms with E-state index in [2.05, 4.69) is 217 Å². The molecule has 13 rings (SSSR count). The molecule has 334 valence electrons. The van der Waals surface area contributed by atoms with E-state index in [1.165, 1.54) is 137 Å². The van der Waals surface area contributed by atoms with Crippen molar-refractivity contribution in [3.05, 3.63) is 225 Å². The summed E-state index contributed by atoms with van der Waals surface area (Å²) in [6.07, 6.45) is 7.69. The number of hydrogen-bond donors (Lipinski definition) is 0. The van der Waals surface area contributed by atoms with Gasteiger partial charge in [0.1, 0.15) is 0 Å². The zero-order valence-electron chi connectivity index (χ0n) is 41.0. The molecule has 0 radical (unpaired) electrons. The summed E-state index contributed by atoms with van der Waals surface area (Å²) in [5.74, 6) is 1.72. The molecule has 4 saturated carbocycles. The van der Waals surface area contributed by atoms with Crippen LogP contribution in [0.1, 0.15) is 93.3 Å². The first-order valence-corrected chi connectivity index (χ1v) is 25.5. The van der Waals surface area contributed by atoms with E-state index < -0.39 is 0 Å². The Kier molecular flexibility index (Phi) is 9.25. The largest absolute Gasteiger partial charge is 0.309 e. The highest BCUT2D eigenvalue weighted by Gasteiger charge is 2.83. The zero-order chi connectivity index (χ0) is 46.3. The predicted octanol–water partition coefficient (Wildman–Crippen LogP) is 14.1. The number of aromatic nitrogens is 1. The van der Waals surface area contributed by atoms with Crippen molar-refractivity contribution < 1.29 is 0 Å². The molecule has 4 aliphatic carbocycles. The second kappa shape index (κ2) is 15.1. The van der Waals surface area contributed by atoms with E-state index in [0.717, 1.165) is 18.3 Å². The number of fused-ring (bicyclic) bond motifs is 4. The molecular weight excluding hydrogens is 818 g/mol. The third kappa shape index (κ3) is 6.08. The second-order valence-electron chi connectivity index (χ2n) is 22.4. The van der Waals surface area contributed by atoms with E-state index in [9.17, 15) is 0 Å². The van der Waals surface area contributed by atoms with Crippen molar-refractivity contribution in [3.63, 3.8) is 0 Å².